The summed E-state index contributed by atoms with van der Waals surface area (Å²) in [5, 5.41) is 3.33. The van der Waals surface area contributed by atoms with Gasteiger partial charge in [-0.15, -0.1) is 0 Å². The van der Waals surface area contributed by atoms with Crippen molar-refractivity contribution in [1.82, 2.24) is 5.32 Å². The molecule has 1 aliphatic carbocycles. The Morgan fingerprint density at radius 2 is 2.06 bits per heavy atom. The van der Waals surface area contributed by atoms with Crippen LogP contribution >= 0.6 is 0 Å². The molecule has 1 aromatic rings. The predicted molar refractivity (Wildman–Crippen MR) is 71.3 cm³/mol. The van der Waals surface area contributed by atoms with Gasteiger partial charge in [-0.05, 0) is 56.3 Å². The first-order valence-corrected chi connectivity index (χ1v) is 6.53. The predicted octanol–water partition coefficient (Wildman–Crippen LogP) is 2.99. The second-order valence-corrected chi connectivity index (χ2v) is 5.17. The molecule has 2 rings (SSSR count). The van der Waals surface area contributed by atoms with Crippen molar-refractivity contribution in [3.63, 3.8) is 0 Å². The van der Waals surface area contributed by atoms with E-state index in [9.17, 15) is 0 Å². The first kappa shape index (κ1) is 12.6. The van der Waals surface area contributed by atoms with Crippen molar-refractivity contribution >= 4 is 0 Å². The lowest BCUT2D eigenvalue weighted by Gasteiger charge is -2.18. The number of benzene rings is 1. The molecule has 17 heavy (non-hydrogen) atoms. The summed E-state index contributed by atoms with van der Waals surface area (Å²) in [5.74, 6) is 0.840. The van der Waals surface area contributed by atoms with Crippen LogP contribution < -0.4 is 5.32 Å². The van der Waals surface area contributed by atoms with Gasteiger partial charge in [0.25, 0.3) is 0 Å². The zero-order chi connectivity index (χ0) is 12.3. The molecule has 1 saturated carbocycles. The van der Waals surface area contributed by atoms with Crippen LogP contribution in [0.25, 0.3) is 0 Å². The number of rotatable bonds is 6. The molecule has 0 heterocycles. The Bertz CT molecular complexity index is 371. The summed E-state index contributed by atoms with van der Waals surface area (Å²) in [6, 6.07) is 6.96. The van der Waals surface area contributed by atoms with E-state index < -0.39 is 0 Å². The van der Waals surface area contributed by atoms with Crippen LogP contribution in [-0.2, 0) is 4.74 Å². The highest BCUT2D eigenvalue weighted by atomic mass is 16.5. The molecule has 0 aromatic heterocycles. The Labute approximate surface area is 104 Å². The molecule has 0 bridgehead atoms. The van der Waals surface area contributed by atoms with Crippen LogP contribution in [0.4, 0.5) is 0 Å². The van der Waals surface area contributed by atoms with Crippen LogP contribution in [-0.4, -0.2) is 20.3 Å². The van der Waals surface area contributed by atoms with Crippen molar-refractivity contribution in [3.05, 3.63) is 34.9 Å². The van der Waals surface area contributed by atoms with E-state index in [1.54, 1.807) is 0 Å². The van der Waals surface area contributed by atoms with Gasteiger partial charge in [-0.3, -0.25) is 0 Å². The summed E-state index contributed by atoms with van der Waals surface area (Å²) in [4.78, 5) is 0. The monoisotopic (exact) mass is 233 g/mol. The summed E-state index contributed by atoms with van der Waals surface area (Å²) in [6.45, 7) is 6.02. The summed E-state index contributed by atoms with van der Waals surface area (Å²) in [6.07, 6.45) is 2.71. The zero-order valence-electron chi connectivity index (χ0n) is 11.1. The average Bonchev–Trinajstić information content (AvgIpc) is 3.12. The zero-order valence-corrected chi connectivity index (χ0v) is 11.1. The van der Waals surface area contributed by atoms with Crippen LogP contribution in [0, 0.1) is 19.8 Å². The molecule has 1 unspecified atom stereocenters. The maximum atomic E-state index is 5.77. The molecule has 0 saturated heterocycles. The van der Waals surface area contributed by atoms with Crippen LogP contribution in [0.1, 0.15) is 35.6 Å². The van der Waals surface area contributed by atoms with E-state index >= 15 is 0 Å². The highest BCUT2D eigenvalue weighted by Crippen LogP contribution is 2.29. The molecule has 1 atom stereocenters. The highest BCUT2D eigenvalue weighted by Gasteiger charge is 2.21. The maximum Gasteiger partial charge on any atom is 0.0661 e. The number of hydrogen-bond acceptors (Lipinski definition) is 2. The van der Waals surface area contributed by atoms with Gasteiger partial charge < -0.3 is 10.1 Å². The fraction of sp³-hybridized carbons (Fsp3) is 0.600. The molecule has 2 heteroatoms. The van der Waals surface area contributed by atoms with Crippen molar-refractivity contribution in [2.45, 2.75) is 32.7 Å². The van der Waals surface area contributed by atoms with E-state index in [0.717, 1.165) is 19.1 Å². The van der Waals surface area contributed by atoms with E-state index in [1.807, 2.05) is 7.05 Å². The lowest BCUT2D eigenvalue weighted by Crippen LogP contribution is -2.22. The lowest BCUT2D eigenvalue weighted by atomic mass is 10.0. The highest BCUT2D eigenvalue weighted by molar-refractivity contribution is 5.31. The summed E-state index contributed by atoms with van der Waals surface area (Å²) in [5.41, 5.74) is 4.03. The molecule has 1 N–H and O–H groups in total. The molecular weight excluding hydrogens is 210 g/mol. The molecule has 94 valence electrons. The Balaban J connectivity index is 1.92. The van der Waals surface area contributed by atoms with Gasteiger partial charge in [-0.2, -0.15) is 0 Å². The van der Waals surface area contributed by atoms with Crippen molar-refractivity contribution in [1.29, 1.82) is 0 Å². The van der Waals surface area contributed by atoms with E-state index in [-0.39, 0.29) is 0 Å². The fourth-order valence-corrected chi connectivity index (χ4v) is 1.96. The van der Waals surface area contributed by atoms with Crippen LogP contribution in [0.5, 0.6) is 0 Å². The minimum Gasteiger partial charge on any atom is -0.379 e. The minimum absolute atomic E-state index is 0.313. The van der Waals surface area contributed by atoms with E-state index in [0.29, 0.717) is 6.04 Å². The van der Waals surface area contributed by atoms with Crippen LogP contribution in [0.15, 0.2) is 18.2 Å². The third-order valence-electron chi connectivity index (χ3n) is 3.62. The van der Waals surface area contributed by atoms with Gasteiger partial charge >= 0.3 is 0 Å². The van der Waals surface area contributed by atoms with Gasteiger partial charge in [0.2, 0.25) is 0 Å². The molecule has 0 radical (unpaired) electrons. The van der Waals surface area contributed by atoms with Gasteiger partial charge in [0.1, 0.15) is 0 Å². The first-order valence-electron chi connectivity index (χ1n) is 6.53. The third kappa shape index (κ3) is 3.55. The standard InChI is InChI=1S/C15H23NO/c1-11-4-7-14(8-12(11)2)15(16-3)10-17-9-13-5-6-13/h4,7-8,13,15-16H,5-6,9-10H2,1-3H3. The molecule has 1 aliphatic rings. The number of nitrogens with one attached hydrogen (secondary N) is 1. The van der Waals surface area contributed by atoms with E-state index in [2.05, 4.69) is 37.4 Å². The van der Waals surface area contributed by atoms with E-state index in [1.165, 1.54) is 29.5 Å². The Morgan fingerprint density at radius 1 is 1.29 bits per heavy atom. The first-order chi connectivity index (χ1) is 8.20. The van der Waals surface area contributed by atoms with Gasteiger partial charge in [0.15, 0.2) is 0 Å². The molecule has 0 aliphatic heterocycles. The Hall–Kier alpha value is -0.860. The van der Waals surface area contributed by atoms with Gasteiger partial charge in [0, 0.05) is 6.61 Å². The summed E-state index contributed by atoms with van der Waals surface area (Å²) in [7, 11) is 2.00. The van der Waals surface area contributed by atoms with Gasteiger partial charge in [-0.1, -0.05) is 18.2 Å². The van der Waals surface area contributed by atoms with Crippen molar-refractivity contribution in [2.24, 2.45) is 5.92 Å². The SMILES string of the molecule is CNC(COCC1CC1)c1ccc(C)c(C)c1. The molecule has 2 nitrogen and oxygen atoms in total. The van der Waals surface area contributed by atoms with Crippen molar-refractivity contribution < 1.29 is 4.74 Å². The molecular formula is C15H23NO. The maximum absolute atomic E-state index is 5.77. The van der Waals surface area contributed by atoms with Crippen molar-refractivity contribution in [3.8, 4) is 0 Å². The average molecular weight is 233 g/mol. The van der Waals surface area contributed by atoms with Crippen LogP contribution in [0.3, 0.4) is 0 Å². The molecule has 0 amide bonds. The quantitative estimate of drug-likeness (QED) is 0.815. The molecule has 1 aromatic carbocycles. The summed E-state index contributed by atoms with van der Waals surface area (Å²) < 4.78 is 5.77. The molecule has 0 spiro atoms. The topological polar surface area (TPSA) is 21.3 Å². The van der Waals surface area contributed by atoms with E-state index in [4.69, 9.17) is 4.74 Å². The number of hydrogen-bond donors (Lipinski definition) is 1. The third-order valence-corrected chi connectivity index (χ3v) is 3.62. The van der Waals surface area contributed by atoms with Gasteiger partial charge in [0.05, 0.1) is 12.6 Å². The summed E-state index contributed by atoms with van der Waals surface area (Å²) >= 11 is 0. The second kappa shape index (κ2) is 5.65. The Morgan fingerprint density at radius 3 is 2.65 bits per heavy atom. The molecule has 1 fully saturated rings. The normalized spacial score (nSPS) is 17.1. The fourth-order valence-electron chi connectivity index (χ4n) is 1.96. The second-order valence-electron chi connectivity index (χ2n) is 5.17. The lowest BCUT2D eigenvalue weighted by molar-refractivity contribution is 0.105. The largest absolute Gasteiger partial charge is 0.379 e. The smallest absolute Gasteiger partial charge is 0.0661 e. The number of likely N-dealkylation sites (N-methyl/N-ethyl adjacent to an activating group) is 1. The minimum atomic E-state index is 0.313. The van der Waals surface area contributed by atoms with Crippen LogP contribution in [0.2, 0.25) is 0 Å². The Kier molecular flexibility index (Phi) is 4.19. The van der Waals surface area contributed by atoms with Gasteiger partial charge in [-0.25, -0.2) is 0 Å². The number of ether oxygens (including phenoxy) is 1. The number of aryl methyl sites for hydroxylation is 2. The van der Waals surface area contributed by atoms with Crippen molar-refractivity contribution in [2.75, 3.05) is 20.3 Å².